The summed E-state index contributed by atoms with van der Waals surface area (Å²) in [5.74, 6) is -0.690. The summed E-state index contributed by atoms with van der Waals surface area (Å²) in [5, 5.41) is 8.70. The van der Waals surface area contributed by atoms with Gasteiger partial charge in [-0.2, -0.15) is 0 Å². The van der Waals surface area contributed by atoms with Crippen LogP contribution in [0.2, 0.25) is 0 Å². The van der Waals surface area contributed by atoms with Gasteiger partial charge in [0.1, 0.15) is 11.6 Å². The molecule has 2 heterocycles. The molecule has 30 heavy (non-hydrogen) atoms. The fourth-order valence-corrected chi connectivity index (χ4v) is 4.83. The predicted molar refractivity (Wildman–Crippen MR) is 113 cm³/mol. The van der Waals surface area contributed by atoms with Gasteiger partial charge in [0.05, 0.1) is 11.6 Å². The van der Waals surface area contributed by atoms with Crippen LogP contribution < -0.4 is 5.73 Å². The van der Waals surface area contributed by atoms with Crippen molar-refractivity contribution in [2.45, 2.75) is 57.2 Å². The number of nitrogens with two attached hydrogens (primary N) is 1. The van der Waals surface area contributed by atoms with Gasteiger partial charge in [0.25, 0.3) is 5.91 Å². The van der Waals surface area contributed by atoms with Gasteiger partial charge in [0, 0.05) is 18.5 Å². The molecule has 0 spiro atoms. The van der Waals surface area contributed by atoms with E-state index in [0.29, 0.717) is 30.1 Å². The Labute approximate surface area is 174 Å². The summed E-state index contributed by atoms with van der Waals surface area (Å²) in [6.45, 7) is 0.370. The number of fused-ring (bicyclic) bond motifs is 2. The molecule has 0 radical (unpaired) electrons. The summed E-state index contributed by atoms with van der Waals surface area (Å²) in [6, 6.07) is 13.1. The van der Waals surface area contributed by atoms with E-state index >= 15 is 0 Å². The number of carbonyl (C=O) groups is 2. The Morgan fingerprint density at radius 1 is 1.00 bits per heavy atom. The molecule has 0 unspecified atom stereocenters. The molecule has 2 amide bonds. The van der Waals surface area contributed by atoms with Gasteiger partial charge >= 0.3 is 0 Å². The lowest BCUT2D eigenvalue weighted by atomic mass is 9.93. The molecule has 1 atom stereocenters. The number of hydrogen-bond donors (Lipinski definition) is 1. The zero-order valence-corrected chi connectivity index (χ0v) is 16.8. The highest BCUT2D eigenvalue weighted by Crippen LogP contribution is 2.30. The van der Waals surface area contributed by atoms with E-state index in [2.05, 4.69) is 10.3 Å². The van der Waals surface area contributed by atoms with Crippen LogP contribution in [-0.4, -0.2) is 37.7 Å². The van der Waals surface area contributed by atoms with Crippen LogP contribution in [0.5, 0.6) is 0 Å². The number of amides is 2. The van der Waals surface area contributed by atoms with Gasteiger partial charge in [-0.3, -0.25) is 9.59 Å². The third-order valence-corrected chi connectivity index (χ3v) is 6.48. The first-order valence-electron chi connectivity index (χ1n) is 10.6. The molecular formula is C23H25N5O2. The lowest BCUT2D eigenvalue weighted by Gasteiger charge is -2.35. The zero-order valence-electron chi connectivity index (χ0n) is 16.8. The van der Waals surface area contributed by atoms with Gasteiger partial charge < -0.3 is 10.6 Å². The highest BCUT2D eigenvalue weighted by Gasteiger charge is 2.34. The zero-order chi connectivity index (χ0) is 20.7. The molecule has 1 aliphatic carbocycles. The fourth-order valence-electron chi connectivity index (χ4n) is 4.83. The Hall–Kier alpha value is -3.22. The second-order valence-corrected chi connectivity index (χ2v) is 8.35. The molecule has 2 N–H and O–H groups in total. The second-order valence-electron chi connectivity index (χ2n) is 8.35. The van der Waals surface area contributed by atoms with E-state index in [0.717, 1.165) is 29.5 Å². The first kappa shape index (κ1) is 18.8. The molecule has 0 bridgehead atoms. The standard InChI is InChI=1S/C23H25N5O2/c24-22(29)21-13-15-6-4-5-7-17(15)14-27(21)23(30)16-10-11-20-19(12-16)25-26-28(20)18-8-2-1-3-9-18/h4-7,10-12,18,21H,1-3,8-9,13-14H2,(H2,24,29)/t21-/m1/s1. The van der Waals surface area contributed by atoms with Crippen molar-refractivity contribution in [2.24, 2.45) is 5.73 Å². The van der Waals surface area contributed by atoms with Crippen LogP contribution in [-0.2, 0) is 17.8 Å². The largest absolute Gasteiger partial charge is 0.368 e. The van der Waals surface area contributed by atoms with Crippen molar-refractivity contribution in [1.29, 1.82) is 0 Å². The summed E-state index contributed by atoms with van der Waals surface area (Å²) in [6.07, 6.45) is 6.39. The van der Waals surface area contributed by atoms with Crippen LogP contribution in [0.4, 0.5) is 0 Å². The van der Waals surface area contributed by atoms with E-state index in [-0.39, 0.29) is 5.91 Å². The third kappa shape index (κ3) is 3.24. The molecule has 1 aromatic heterocycles. The topological polar surface area (TPSA) is 94.1 Å². The SMILES string of the molecule is NC(=O)[C@H]1Cc2ccccc2CN1C(=O)c1ccc2c(c1)nnn2C1CCCCC1. The lowest BCUT2D eigenvalue weighted by Crippen LogP contribution is -2.51. The Morgan fingerprint density at radius 2 is 1.77 bits per heavy atom. The van der Waals surface area contributed by atoms with Crippen molar-refractivity contribution in [2.75, 3.05) is 0 Å². The molecule has 7 nitrogen and oxygen atoms in total. The van der Waals surface area contributed by atoms with Gasteiger partial charge in [-0.15, -0.1) is 5.10 Å². The Kier molecular flexibility index (Phi) is 4.73. The van der Waals surface area contributed by atoms with Crippen LogP contribution in [0.15, 0.2) is 42.5 Å². The number of rotatable bonds is 3. The van der Waals surface area contributed by atoms with Crippen molar-refractivity contribution in [3.63, 3.8) is 0 Å². The summed E-state index contributed by atoms with van der Waals surface area (Å²) in [5.41, 5.74) is 9.93. The van der Waals surface area contributed by atoms with E-state index in [1.54, 1.807) is 11.0 Å². The molecule has 7 heteroatoms. The minimum Gasteiger partial charge on any atom is -0.368 e. The maximum absolute atomic E-state index is 13.3. The molecule has 3 aromatic rings. The van der Waals surface area contributed by atoms with Gasteiger partial charge in [-0.1, -0.05) is 48.7 Å². The van der Waals surface area contributed by atoms with Crippen LogP contribution in [0.1, 0.15) is 59.6 Å². The first-order valence-corrected chi connectivity index (χ1v) is 10.6. The average molecular weight is 403 g/mol. The first-order chi connectivity index (χ1) is 14.6. The van der Waals surface area contributed by atoms with Crippen molar-refractivity contribution in [3.8, 4) is 0 Å². The molecule has 1 saturated carbocycles. The minimum absolute atomic E-state index is 0.206. The maximum atomic E-state index is 13.3. The van der Waals surface area contributed by atoms with Gasteiger partial charge in [0.15, 0.2) is 0 Å². The summed E-state index contributed by atoms with van der Waals surface area (Å²) in [7, 11) is 0. The maximum Gasteiger partial charge on any atom is 0.254 e. The van der Waals surface area contributed by atoms with Crippen LogP contribution in [0, 0.1) is 0 Å². The van der Waals surface area contributed by atoms with Crippen molar-refractivity contribution in [1.82, 2.24) is 19.9 Å². The normalized spacial score (nSPS) is 19.6. The van der Waals surface area contributed by atoms with Gasteiger partial charge in [-0.25, -0.2) is 4.68 Å². The number of aromatic nitrogens is 3. The Morgan fingerprint density at radius 3 is 2.53 bits per heavy atom. The van der Waals surface area contributed by atoms with Crippen molar-refractivity contribution in [3.05, 3.63) is 59.2 Å². The minimum atomic E-state index is -0.652. The van der Waals surface area contributed by atoms with Gasteiger partial charge in [-0.05, 0) is 42.2 Å². The van der Waals surface area contributed by atoms with Crippen molar-refractivity contribution < 1.29 is 9.59 Å². The van der Waals surface area contributed by atoms with E-state index in [4.69, 9.17) is 5.73 Å². The highest BCUT2D eigenvalue weighted by molar-refractivity contribution is 6.00. The fraction of sp³-hybridized carbons (Fsp3) is 0.391. The number of primary amides is 1. The Balaban J connectivity index is 1.46. The number of hydrogen-bond acceptors (Lipinski definition) is 4. The number of carbonyl (C=O) groups excluding carboxylic acids is 2. The summed E-state index contributed by atoms with van der Waals surface area (Å²) in [4.78, 5) is 27.0. The number of nitrogens with zero attached hydrogens (tertiary/aromatic N) is 4. The molecular weight excluding hydrogens is 378 g/mol. The van der Waals surface area contributed by atoms with Gasteiger partial charge in [0.2, 0.25) is 5.91 Å². The monoisotopic (exact) mass is 403 g/mol. The molecule has 1 fully saturated rings. The molecule has 2 aromatic carbocycles. The summed E-state index contributed by atoms with van der Waals surface area (Å²) >= 11 is 0. The smallest absolute Gasteiger partial charge is 0.254 e. The molecule has 1 aliphatic heterocycles. The quantitative estimate of drug-likeness (QED) is 0.727. The van der Waals surface area contributed by atoms with E-state index in [1.165, 1.54) is 19.3 Å². The third-order valence-electron chi connectivity index (χ3n) is 6.48. The van der Waals surface area contributed by atoms with Crippen LogP contribution >= 0.6 is 0 Å². The van der Waals surface area contributed by atoms with Crippen LogP contribution in [0.25, 0.3) is 11.0 Å². The van der Waals surface area contributed by atoms with Crippen molar-refractivity contribution >= 4 is 22.8 Å². The second kappa shape index (κ2) is 7.55. The molecule has 0 saturated heterocycles. The molecule has 5 rings (SSSR count). The van der Waals surface area contributed by atoms with E-state index in [9.17, 15) is 9.59 Å². The van der Waals surface area contributed by atoms with E-state index in [1.807, 2.05) is 41.1 Å². The predicted octanol–water partition coefficient (Wildman–Crippen LogP) is 2.99. The highest BCUT2D eigenvalue weighted by atomic mass is 16.2. The molecule has 2 aliphatic rings. The molecule has 154 valence electrons. The van der Waals surface area contributed by atoms with Crippen LogP contribution in [0.3, 0.4) is 0 Å². The number of benzene rings is 2. The summed E-state index contributed by atoms with van der Waals surface area (Å²) < 4.78 is 2.01. The average Bonchev–Trinajstić information content (AvgIpc) is 3.21. The van der Waals surface area contributed by atoms with E-state index < -0.39 is 11.9 Å². The lowest BCUT2D eigenvalue weighted by molar-refractivity contribution is -0.122. The Bertz CT molecular complexity index is 1120.